The highest BCUT2D eigenvalue weighted by molar-refractivity contribution is 9.10. The molecule has 0 aliphatic carbocycles. The largest absolute Gasteiger partial charge is 0.396 e. The van der Waals surface area contributed by atoms with Crippen molar-refractivity contribution in [1.82, 2.24) is 4.98 Å². The predicted molar refractivity (Wildman–Crippen MR) is 80.2 cm³/mol. The second-order valence-corrected chi connectivity index (χ2v) is 5.13. The predicted octanol–water partition coefficient (Wildman–Crippen LogP) is 4.04. The van der Waals surface area contributed by atoms with Gasteiger partial charge in [0.2, 0.25) is 0 Å². The highest BCUT2D eigenvalue weighted by Crippen LogP contribution is 2.24. The van der Waals surface area contributed by atoms with Crippen LogP contribution in [0.1, 0.15) is 18.1 Å². The average molecular weight is 306 g/mol. The average Bonchev–Trinajstić information content (AvgIpc) is 2.33. The van der Waals surface area contributed by atoms with E-state index in [2.05, 4.69) is 58.3 Å². The summed E-state index contributed by atoms with van der Waals surface area (Å²) in [5, 5.41) is 3.23. The molecule has 1 heterocycles. The minimum absolute atomic E-state index is 0.626. The molecule has 4 heteroatoms. The smallest absolute Gasteiger partial charge is 0.153 e. The van der Waals surface area contributed by atoms with Gasteiger partial charge in [-0.25, -0.2) is 4.98 Å². The lowest BCUT2D eigenvalue weighted by atomic mass is 10.1. The van der Waals surface area contributed by atoms with E-state index in [9.17, 15) is 0 Å². The number of halogens is 1. The Morgan fingerprint density at radius 3 is 2.72 bits per heavy atom. The molecule has 0 unspecified atom stereocenters. The quantitative estimate of drug-likeness (QED) is 0.899. The van der Waals surface area contributed by atoms with E-state index in [-0.39, 0.29) is 0 Å². The van der Waals surface area contributed by atoms with Crippen LogP contribution in [0.25, 0.3) is 0 Å². The van der Waals surface area contributed by atoms with Crippen molar-refractivity contribution in [3.8, 4) is 0 Å². The summed E-state index contributed by atoms with van der Waals surface area (Å²) in [6.07, 6.45) is 2.77. The fourth-order valence-corrected chi connectivity index (χ4v) is 2.22. The summed E-state index contributed by atoms with van der Waals surface area (Å²) >= 11 is 3.34. The van der Waals surface area contributed by atoms with Crippen LogP contribution in [0.4, 0.5) is 17.2 Å². The minimum atomic E-state index is 0.626. The molecular weight excluding hydrogens is 290 g/mol. The molecule has 1 aromatic carbocycles. The number of nitrogens with two attached hydrogens (primary N) is 1. The number of hydrogen-bond donors (Lipinski definition) is 2. The first-order valence-corrected chi connectivity index (χ1v) is 6.67. The minimum Gasteiger partial charge on any atom is -0.396 e. The third kappa shape index (κ3) is 2.82. The number of nitrogens with one attached hydrogen (secondary N) is 1. The maximum atomic E-state index is 5.91. The maximum Gasteiger partial charge on any atom is 0.153 e. The summed E-state index contributed by atoms with van der Waals surface area (Å²) in [6.45, 7) is 4.27. The molecule has 18 heavy (non-hydrogen) atoms. The van der Waals surface area contributed by atoms with Gasteiger partial charge in [0.15, 0.2) is 5.82 Å². The Kier molecular flexibility index (Phi) is 3.87. The van der Waals surface area contributed by atoms with Crippen molar-refractivity contribution >= 4 is 33.1 Å². The molecule has 0 saturated carbocycles. The maximum absolute atomic E-state index is 5.91. The molecule has 1 aromatic heterocycles. The summed E-state index contributed by atoms with van der Waals surface area (Å²) in [6, 6.07) is 8.13. The van der Waals surface area contributed by atoms with Gasteiger partial charge in [-0.1, -0.05) is 13.0 Å². The molecule has 0 bridgehead atoms. The molecule has 0 aliphatic rings. The van der Waals surface area contributed by atoms with E-state index >= 15 is 0 Å². The number of hydrogen-bond acceptors (Lipinski definition) is 3. The summed E-state index contributed by atoms with van der Waals surface area (Å²) < 4.78 is 0.878. The molecule has 3 N–H and O–H groups in total. The summed E-state index contributed by atoms with van der Waals surface area (Å²) in [7, 11) is 0. The second kappa shape index (κ2) is 5.40. The van der Waals surface area contributed by atoms with Crippen LogP contribution in [0.5, 0.6) is 0 Å². The number of aryl methyl sites for hydroxylation is 2. The molecule has 0 saturated heterocycles. The van der Waals surface area contributed by atoms with Gasteiger partial charge in [-0.3, -0.25) is 0 Å². The Hall–Kier alpha value is -1.55. The third-order valence-corrected chi connectivity index (χ3v) is 3.30. The molecule has 0 fully saturated rings. The van der Waals surface area contributed by atoms with E-state index in [1.54, 1.807) is 6.20 Å². The molecule has 2 aromatic rings. The van der Waals surface area contributed by atoms with E-state index < -0.39 is 0 Å². The number of nitrogen functional groups attached to an aromatic ring is 1. The number of pyridine rings is 1. The van der Waals surface area contributed by atoms with Crippen molar-refractivity contribution in [2.45, 2.75) is 20.3 Å². The van der Waals surface area contributed by atoms with E-state index in [4.69, 9.17) is 5.73 Å². The lowest BCUT2D eigenvalue weighted by molar-refractivity contribution is 1.11. The van der Waals surface area contributed by atoms with Gasteiger partial charge in [0.1, 0.15) is 0 Å². The van der Waals surface area contributed by atoms with Gasteiger partial charge in [-0.05, 0) is 58.6 Å². The zero-order chi connectivity index (χ0) is 13.1. The first kappa shape index (κ1) is 12.9. The zero-order valence-corrected chi connectivity index (χ0v) is 12.1. The van der Waals surface area contributed by atoms with Crippen molar-refractivity contribution < 1.29 is 0 Å². The third-order valence-electron chi connectivity index (χ3n) is 2.87. The number of rotatable bonds is 3. The van der Waals surface area contributed by atoms with Crippen LogP contribution in [0.2, 0.25) is 0 Å². The lowest BCUT2D eigenvalue weighted by Crippen LogP contribution is -1.99. The molecule has 2 rings (SSSR count). The van der Waals surface area contributed by atoms with E-state index in [0.717, 1.165) is 16.6 Å². The van der Waals surface area contributed by atoms with Crippen molar-refractivity contribution in [2.24, 2.45) is 0 Å². The zero-order valence-electron chi connectivity index (χ0n) is 10.5. The Morgan fingerprint density at radius 1 is 1.33 bits per heavy atom. The van der Waals surface area contributed by atoms with Crippen molar-refractivity contribution in [3.63, 3.8) is 0 Å². The molecule has 0 aliphatic heterocycles. The topological polar surface area (TPSA) is 50.9 Å². The van der Waals surface area contributed by atoms with Crippen molar-refractivity contribution in [1.29, 1.82) is 0 Å². The first-order chi connectivity index (χ1) is 8.60. The fourth-order valence-electron chi connectivity index (χ4n) is 1.87. The van der Waals surface area contributed by atoms with Crippen LogP contribution in [0.15, 0.2) is 34.9 Å². The molecule has 3 nitrogen and oxygen atoms in total. The number of anilines is 3. The van der Waals surface area contributed by atoms with Gasteiger partial charge >= 0.3 is 0 Å². The van der Waals surface area contributed by atoms with Crippen LogP contribution in [-0.4, -0.2) is 4.98 Å². The number of nitrogens with zero attached hydrogens (tertiary/aromatic N) is 1. The lowest BCUT2D eigenvalue weighted by Gasteiger charge is -2.11. The highest BCUT2D eigenvalue weighted by Gasteiger charge is 2.03. The SMILES string of the molecule is CCc1ccc(Nc2ncc(Br)cc2N)cc1C. The summed E-state index contributed by atoms with van der Waals surface area (Å²) in [5.41, 5.74) is 10.2. The van der Waals surface area contributed by atoms with Crippen LogP contribution in [0, 0.1) is 6.92 Å². The van der Waals surface area contributed by atoms with Crippen molar-refractivity contribution in [3.05, 3.63) is 46.1 Å². The van der Waals surface area contributed by atoms with Crippen LogP contribution in [-0.2, 0) is 6.42 Å². The summed E-state index contributed by atoms with van der Waals surface area (Å²) in [4.78, 5) is 4.26. The van der Waals surface area contributed by atoms with E-state index in [1.165, 1.54) is 11.1 Å². The van der Waals surface area contributed by atoms with Crippen LogP contribution in [0.3, 0.4) is 0 Å². The first-order valence-electron chi connectivity index (χ1n) is 5.87. The Morgan fingerprint density at radius 2 is 2.11 bits per heavy atom. The normalized spacial score (nSPS) is 10.4. The van der Waals surface area contributed by atoms with Crippen LogP contribution < -0.4 is 11.1 Å². The molecular formula is C14H16BrN3. The van der Waals surface area contributed by atoms with E-state index in [1.807, 2.05) is 6.07 Å². The van der Waals surface area contributed by atoms with Gasteiger partial charge in [0.05, 0.1) is 5.69 Å². The standard InChI is InChI=1S/C14H16BrN3/c1-3-10-4-5-12(6-9(10)2)18-14-13(16)7-11(15)8-17-14/h4-8H,3,16H2,1-2H3,(H,17,18). The summed E-state index contributed by atoms with van der Waals surface area (Å²) in [5.74, 6) is 0.682. The monoisotopic (exact) mass is 305 g/mol. The molecule has 0 atom stereocenters. The van der Waals surface area contributed by atoms with Crippen molar-refractivity contribution in [2.75, 3.05) is 11.1 Å². The Labute approximate surface area is 116 Å². The second-order valence-electron chi connectivity index (χ2n) is 4.21. The molecule has 0 spiro atoms. The van der Waals surface area contributed by atoms with Gasteiger partial charge in [0.25, 0.3) is 0 Å². The van der Waals surface area contributed by atoms with Gasteiger partial charge in [-0.2, -0.15) is 0 Å². The molecule has 0 amide bonds. The fraction of sp³-hybridized carbons (Fsp3) is 0.214. The van der Waals surface area contributed by atoms with Crippen LogP contribution >= 0.6 is 15.9 Å². The van der Waals surface area contributed by atoms with Gasteiger partial charge < -0.3 is 11.1 Å². The number of aromatic nitrogens is 1. The van der Waals surface area contributed by atoms with Gasteiger partial charge in [0, 0.05) is 16.4 Å². The Balaban J connectivity index is 2.26. The van der Waals surface area contributed by atoms with E-state index in [0.29, 0.717) is 11.5 Å². The van der Waals surface area contributed by atoms with Gasteiger partial charge in [-0.15, -0.1) is 0 Å². The highest BCUT2D eigenvalue weighted by atomic mass is 79.9. The molecule has 0 radical (unpaired) electrons. The number of benzene rings is 1. The Bertz CT molecular complexity index is 567. The molecule has 94 valence electrons.